The van der Waals surface area contributed by atoms with E-state index in [-0.39, 0.29) is 28.6 Å². The van der Waals surface area contributed by atoms with Crippen LogP contribution in [-0.2, 0) is 20.0 Å². The van der Waals surface area contributed by atoms with Crippen molar-refractivity contribution in [1.82, 2.24) is 8.61 Å². The zero-order valence-electron chi connectivity index (χ0n) is 19.1. The molecule has 0 bridgehead atoms. The van der Waals surface area contributed by atoms with Crippen LogP contribution < -0.4 is 18.9 Å². The van der Waals surface area contributed by atoms with Crippen LogP contribution in [-0.4, -0.2) is 80.1 Å². The van der Waals surface area contributed by atoms with E-state index in [9.17, 15) is 16.8 Å². The summed E-state index contributed by atoms with van der Waals surface area (Å²) in [5.74, 6) is 1.40. The highest BCUT2D eigenvalue weighted by molar-refractivity contribution is 7.89. The zero-order valence-corrected chi connectivity index (χ0v) is 20.8. The zero-order chi connectivity index (χ0) is 24.4. The fraction of sp³-hybridized carbons (Fsp3) is 0.429. The summed E-state index contributed by atoms with van der Waals surface area (Å²) >= 11 is 0. The van der Waals surface area contributed by atoms with Crippen LogP contribution in [0.25, 0.3) is 0 Å². The van der Waals surface area contributed by atoms with E-state index in [2.05, 4.69) is 0 Å². The van der Waals surface area contributed by atoms with Gasteiger partial charge in [-0.3, -0.25) is 0 Å². The molecule has 0 spiro atoms. The maximum atomic E-state index is 13.2. The molecule has 2 aromatic rings. The fourth-order valence-corrected chi connectivity index (χ4v) is 6.59. The van der Waals surface area contributed by atoms with Crippen LogP contribution in [0.4, 0.5) is 0 Å². The average molecular weight is 501 g/mol. The predicted octanol–water partition coefficient (Wildman–Crippen LogP) is 1.80. The Bertz CT molecular complexity index is 1210. The molecule has 1 unspecified atom stereocenters. The summed E-state index contributed by atoms with van der Waals surface area (Å²) in [7, 11) is -0.525. The van der Waals surface area contributed by atoms with Gasteiger partial charge in [0.2, 0.25) is 20.0 Å². The van der Waals surface area contributed by atoms with Gasteiger partial charge in [0, 0.05) is 38.3 Å². The molecular formula is C21H28N2O8S2. The second-order valence-corrected chi connectivity index (χ2v) is 11.3. The van der Waals surface area contributed by atoms with Gasteiger partial charge in [-0.2, -0.15) is 8.61 Å². The van der Waals surface area contributed by atoms with E-state index in [0.717, 1.165) is 0 Å². The Morgan fingerprint density at radius 2 is 1.27 bits per heavy atom. The van der Waals surface area contributed by atoms with Crippen molar-refractivity contribution in [1.29, 1.82) is 0 Å². The number of likely N-dealkylation sites (N-methyl/N-ethyl adjacent to an activating group) is 1. The van der Waals surface area contributed by atoms with Crippen molar-refractivity contribution in [3.8, 4) is 23.0 Å². The van der Waals surface area contributed by atoms with Crippen LogP contribution in [0.3, 0.4) is 0 Å². The van der Waals surface area contributed by atoms with Gasteiger partial charge in [-0.1, -0.05) is 0 Å². The van der Waals surface area contributed by atoms with E-state index in [4.69, 9.17) is 18.9 Å². The van der Waals surface area contributed by atoms with Gasteiger partial charge in [0.15, 0.2) is 23.0 Å². The van der Waals surface area contributed by atoms with Gasteiger partial charge in [-0.15, -0.1) is 0 Å². The molecule has 0 aromatic heterocycles. The van der Waals surface area contributed by atoms with E-state index < -0.39 is 26.1 Å². The molecule has 1 aliphatic heterocycles. The monoisotopic (exact) mass is 500 g/mol. The minimum atomic E-state index is -3.89. The van der Waals surface area contributed by atoms with Crippen LogP contribution in [0.2, 0.25) is 0 Å². The number of hydrogen-bond acceptors (Lipinski definition) is 8. The molecule has 2 aromatic carbocycles. The predicted molar refractivity (Wildman–Crippen MR) is 121 cm³/mol. The van der Waals surface area contributed by atoms with Gasteiger partial charge in [0.25, 0.3) is 0 Å². The third kappa shape index (κ3) is 4.74. The standard InChI is InChI=1S/C21H28N2O8S2/c1-22(32(24,25)16-6-8-18(28-2)20(12-16)30-4)15-10-11-23(14-15)33(26,27)17-7-9-19(29-3)21(13-17)31-5/h6-9,12-13,15H,10-11,14H2,1-5H3. The SMILES string of the molecule is COc1ccc(S(=O)(=O)N2CCC(N(C)S(=O)(=O)c3ccc(OC)c(OC)c3)C2)cc1OC. The molecule has 1 fully saturated rings. The molecule has 3 rings (SSSR count). The smallest absolute Gasteiger partial charge is 0.243 e. The molecule has 0 amide bonds. The summed E-state index contributed by atoms with van der Waals surface area (Å²) in [5.41, 5.74) is 0. The van der Waals surface area contributed by atoms with E-state index >= 15 is 0 Å². The number of sulfonamides is 2. The first kappa shape index (κ1) is 25.1. The molecule has 182 valence electrons. The summed E-state index contributed by atoms with van der Waals surface area (Å²) in [5, 5.41) is 0. The minimum Gasteiger partial charge on any atom is -0.493 e. The lowest BCUT2D eigenvalue weighted by molar-refractivity contribution is 0.352. The van der Waals surface area contributed by atoms with Crippen molar-refractivity contribution >= 4 is 20.0 Å². The third-order valence-electron chi connectivity index (χ3n) is 5.67. The molecule has 0 radical (unpaired) electrons. The molecule has 1 atom stereocenters. The molecule has 1 heterocycles. The van der Waals surface area contributed by atoms with Gasteiger partial charge in [0.1, 0.15) is 0 Å². The van der Waals surface area contributed by atoms with Crippen molar-refractivity contribution in [2.45, 2.75) is 22.3 Å². The van der Waals surface area contributed by atoms with E-state index in [1.165, 1.54) is 80.5 Å². The van der Waals surface area contributed by atoms with Gasteiger partial charge in [0.05, 0.1) is 38.2 Å². The number of nitrogens with zero attached hydrogens (tertiary/aromatic N) is 2. The first-order valence-electron chi connectivity index (χ1n) is 10.0. The largest absolute Gasteiger partial charge is 0.493 e. The van der Waals surface area contributed by atoms with Gasteiger partial charge < -0.3 is 18.9 Å². The van der Waals surface area contributed by atoms with Crippen LogP contribution in [0, 0.1) is 0 Å². The second kappa shape index (κ2) is 9.75. The van der Waals surface area contributed by atoms with Crippen LogP contribution >= 0.6 is 0 Å². The lowest BCUT2D eigenvalue weighted by Gasteiger charge is -2.24. The lowest BCUT2D eigenvalue weighted by Crippen LogP contribution is -2.40. The summed E-state index contributed by atoms with van der Waals surface area (Å²) in [4.78, 5) is 0.0787. The minimum absolute atomic E-state index is 0.0275. The number of benzene rings is 2. The van der Waals surface area contributed by atoms with E-state index in [1.807, 2.05) is 0 Å². The highest BCUT2D eigenvalue weighted by atomic mass is 32.2. The third-order valence-corrected chi connectivity index (χ3v) is 9.43. The lowest BCUT2D eigenvalue weighted by atomic mass is 10.3. The molecule has 0 N–H and O–H groups in total. The Morgan fingerprint density at radius 1 is 0.788 bits per heavy atom. The topological polar surface area (TPSA) is 112 Å². The molecule has 12 heteroatoms. The normalized spacial score (nSPS) is 17.2. The number of rotatable bonds is 9. The molecular weight excluding hydrogens is 472 g/mol. The Kier molecular flexibility index (Phi) is 7.42. The highest BCUT2D eigenvalue weighted by Gasteiger charge is 2.38. The quantitative estimate of drug-likeness (QED) is 0.513. The first-order chi connectivity index (χ1) is 15.6. The van der Waals surface area contributed by atoms with Crippen LogP contribution in [0.1, 0.15) is 6.42 Å². The second-order valence-electron chi connectivity index (χ2n) is 7.36. The highest BCUT2D eigenvalue weighted by Crippen LogP contribution is 2.34. The molecule has 1 aliphatic rings. The molecule has 0 saturated carbocycles. The number of hydrogen-bond donors (Lipinski definition) is 0. The Balaban J connectivity index is 1.82. The maximum absolute atomic E-state index is 13.2. The maximum Gasteiger partial charge on any atom is 0.243 e. The molecule has 33 heavy (non-hydrogen) atoms. The van der Waals surface area contributed by atoms with E-state index in [0.29, 0.717) is 23.7 Å². The number of methoxy groups -OCH3 is 4. The Morgan fingerprint density at radius 3 is 1.79 bits per heavy atom. The van der Waals surface area contributed by atoms with Gasteiger partial charge in [-0.05, 0) is 30.7 Å². The summed E-state index contributed by atoms with van der Waals surface area (Å²) < 4.78 is 76.0. The molecule has 0 aliphatic carbocycles. The average Bonchev–Trinajstić information content (AvgIpc) is 3.33. The van der Waals surface area contributed by atoms with Crippen molar-refractivity contribution in [2.24, 2.45) is 0 Å². The van der Waals surface area contributed by atoms with Crippen molar-refractivity contribution in [3.63, 3.8) is 0 Å². The summed E-state index contributed by atoms with van der Waals surface area (Å²) in [6, 6.07) is 8.16. The van der Waals surface area contributed by atoms with Gasteiger partial charge in [-0.25, -0.2) is 16.8 Å². The van der Waals surface area contributed by atoms with Crippen molar-refractivity contribution in [2.75, 3.05) is 48.6 Å². The van der Waals surface area contributed by atoms with Crippen molar-refractivity contribution in [3.05, 3.63) is 36.4 Å². The Hall–Kier alpha value is -2.54. The molecule has 1 saturated heterocycles. The van der Waals surface area contributed by atoms with Crippen molar-refractivity contribution < 1.29 is 35.8 Å². The first-order valence-corrected chi connectivity index (χ1v) is 12.9. The summed E-state index contributed by atoms with van der Waals surface area (Å²) in [6.07, 6.45) is 0.357. The molecule has 10 nitrogen and oxygen atoms in total. The number of ether oxygens (including phenoxy) is 4. The van der Waals surface area contributed by atoms with E-state index in [1.54, 1.807) is 0 Å². The van der Waals surface area contributed by atoms with Crippen LogP contribution in [0.5, 0.6) is 23.0 Å². The summed E-state index contributed by atoms with van der Waals surface area (Å²) in [6.45, 7) is 0.215. The Labute approximate surface area is 194 Å². The fourth-order valence-electron chi connectivity index (χ4n) is 3.69. The van der Waals surface area contributed by atoms with Gasteiger partial charge >= 0.3 is 0 Å². The van der Waals surface area contributed by atoms with Crippen LogP contribution in [0.15, 0.2) is 46.2 Å².